The first kappa shape index (κ1) is 22.9. The smallest absolute Gasteiger partial charge is 0.326 e. The van der Waals surface area contributed by atoms with Crippen LogP contribution in [0.25, 0.3) is 0 Å². The van der Waals surface area contributed by atoms with Gasteiger partial charge in [-0.25, -0.2) is 4.79 Å². The van der Waals surface area contributed by atoms with Crippen molar-refractivity contribution in [3.05, 3.63) is 0 Å². The van der Waals surface area contributed by atoms with Gasteiger partial charge in [0.1, 0.15) is 6.04 Å². The molecular formula is C20H39NO3. The molecule has 0 radical (unpaired) electrons. The lowest BCUT2D eigenvalue weighted by Crippen LogP contribution is -2.44. The Morgan fingerprint density at radius 3 is 1.71 bits per heavy atom. The first-order valence-corrected chi connectivity index (χ1v) is 10.0. The van der Waals surface area contributed by atoms with Crippen LogP contribution in [-0.4, -0.2) is 23.0 Å². The maximum Gasteiger partial charge on any atom is 0.326 e. The van der Waals surface area contributed by atoms with Gasteiger partial charge in [-0.3, -0.25) is 4.79 Å². The molecule has 4 nitrogen and oxygen atoms in total. The summed E-state index contributed by atoms with van der Waals surface area (Å²) in [4.78, 5) is 23.0. The summed E-state index contributed by atoms with van der Waals surface area (Å²) in [7, 11) is 0. The molecule has 0 spiro atoms. The average molecular weight is 342 g/mol. The number of nitrogens with one attached hydrogen (secondary N) is 1. The van der Waals surface area contributed by atoms with Crippen LogP contribution in [0, 0.1) is 5.92 Å². The summed E-state index contributed by atoms with van der Waals surface area (Å²) >= 11 is 0. The molecule has 0 fully saturated rings. The predicted octanol–water partition coefficient (Wildman–Crippen LogP) is 5.30. The van der Waals surface area contributed by atoms with Crippen LogP contribution in [0.5, 0.6) is 0 Å². The third-order valence-electron chi connectivity index (χ3n) is 4.80. The highest BCUT2D eigenvalue weighted by atomic mass is 16.4. The van der Waals surface area contributed by atoms with Crippen LogP contribution in [0.2, 0.25) is 0 Å². The quantitative estimate of drug-likeness (QED) is 0.374. The summed E-state index contributed by atoms with van der Waals surface area (Å²) in [5.41, 5.74) is 0. The molecule has 1 unspecified atom stereocenters. The van der Waals surface area contributed by atoms with E-state index in [9.17, 15) is 9.59 Å². The van der Waals surface area contributed by atoms with Crippen molar-refractivity contribution in [2.75, 3.05) is 0 Å². The van der Waals surface area contributed by atoms with Gasteiger partial charge in [-0.2, -0.15) is 0 Å². The molecule has 0 aliphatic carbocycles. The van der Waals surface area contributed by atoms with Crippen molar-refractivity contribution in [1.29, 1.82) is 0 Å². The SMILES string of the molecule is CCCCCCCCCCCCCC(=O)N[C@@H](C(=O)O)C(C)CC. The molecule has 0 aromatic rings. The van der Waals surface area contributed by atoms with Crippen LogP contribution in [0.3, 0.4) is 0 Å². The lowest BCUT2D eigenvalue weighted by atomic mass is 9.99. The number of hydrogen-bond donors (Lipinski definition) is 2. The van der Waals surface area contributed by atoms with E-state index in [4.69, 9.17) is 5.11 Å². The molecule has 0 aliphatic heterocycles. The van der Waals surface area contributed by atoms with Gasteiger partial charge >= 0.3 is 5.97 Å². The molecule has 0 bridgehead atoms. The van der Waals surface area contributed by atoms with Crippen LogP contribution < -0.4 is 5.32 Å². The van der Waals surface area contributed by atoms with Gasteiger partial charge in [-0.1, -0.05) is 91.4 Å². The molecule has 24 heavy (non-hydrogen) atoms. The number of carboxylic acids is 1. The van der Waals surface area contributed by atoms with E-state index in [1.54, 1.807) is 0 Å². The fourth-order valence-electron chi connectivity index (χ4n) is 2.88. The molecule has 0 aromatic carbocycles. The fourth-order valence-corrected chi connectivity index (χ4v) is 2.88. The Labute approximate surface area is 148 Å². The number of unbranched alkanes of at least 4 members (excludes halogenated alkanes) is 10. The summed E-state index contributed by atoms with van der Waals surface area (Å²) in [6.45, 7) is 6.05. The molecule has 0 aromatic heterocycles. The first-order chi connectivity index (χ1) is 11.5. The number of carbonyl (C=O) groups excluding carboxylic acids is 1. The van der Waals surface area contributed by atoms with Gasteiger partial charge in [0.2, 0.25) is 5.91 Å². The Hall–Kier alpha value is -1.06. The van der Waals surface area contributed by atoms with Crippen LogP contribution in [0.15, 0.2) is 0 Å². The fraction of sp³-hybridized carbons (Fsp3) is 0.900. The van der Waals surface area contributed by atoms with Crippen molar-refractivity contribution in [1.82, 2.24) is 5.32 Å². The molecule has 0 aliphatic rings. The maximum absolute atomic E-state index is 11.9. The average Bonchev–Trinajstić information content (AvgIpc) is 2.56. The molecule has 0 rings (SSSR count). The standard InChI is InChI=1S/C20H39NO3/c1-4-6-7-8-9-10-11-12-13-14-15-16-18(22)21-19(20(23)24)17(3)5-2/h17,19H,4-16H2,1-3H3,(H,21,22)(H,23,24)/t17?,19-/m1/s1. The van der Waals surface area contributed by atoms with E-state index in [1.807, 2.05) is 13.8 Å². The molecule has 0 saturated carbocycles. The third-order valence-corrected chi connectivity index (χ3v) is 4.80. The minimum absolute atomic E-state index is 0.0382. The summed E-state index contributed by atoms with van der Waals surface area (Å²) in [5, 5.41) is 11.8. The van der Waals surface area contributed by atoms with Crippen LogP contribution >= 0.6 is 0 Å². The number of carboxylic acid groups (broad SMARTS) is 1. The third kappa shape index (κ3) is 12.4. The van der Waals surface area contributed by atoms with E-state index in [-0.39, 0.29) is 11.8 Å². The lowest BCUT2D eigenvalue weighted by molar-refractivity contribution is -0.143. The largest absolute Gasteiger partial charge is 0.480 e. The van der Waals surface area contributed by atoms with E-state index >= 15 is 0 Å². The van der Waals surface area contributed by atoms with E-state index < -0.39 is 12.0 Å². The normalized spacial score (nSPS) is 13.5. The first-order valence-electron chi connectivity index (χ1n) is 10.0. The van der Waals surface area contributed by atoms with Gasteiger partial charge in [0.05, 0.1) is 0 Å². The molecule has 1 amide bonds. The highest BCUT2D eigenvalue weighted by molar-refractivity contribution is 5.83. The van der Waals surface area contributed by atoms with Crippen molar-refractivity contribution >= 4 is 11.9 Å². The van der Waals surface area contributed by atoms with Gasteiger partial charge in [-0.15, -0.1) is 0 Å². The number of amides is 1. The summed E-state index contributed by atoms with van der Waals surface area (Å²) in [6.07, 6.45) is 14.9. The molecular weight excluding hydrogens is 302 g/mol. The summed E-state index contributed by atoms with van der Waals surface area (Å²) < 4.78 is 0. The van der Waals surface area contributed by atoms with Crippen molar-refractivity contribution in [3.8, 4) is 0 Å². The zero-order chi connectivity index (χ0) is 18.2. The Morgan fingerprint density at radius 2 is 1.29 bits per heavy atom. The van der Waals surface area contributed by atoms with Gasteiger partial charge in [0, 0.05) is 6.42 Å². The Kier molecular flexibility index (Phi) is 14.8. The van der Waals surface area contributed by atoms with Crippen LogP contribution in [-0.2, 0) is 9.59 Å². The number of rotatable bonds is 16. The highest BCUT2D eigenvalue weighted by Gasteiger charge is 2.24. The second-order valence-electron chi connectivity index (χ2n) is 7.05. The second kappa shape index (κ2) is 15.5. The van der Waals surface area contributed by atoms with Crippen molar-refractivity contribution in [2.24, 2.45) is 5.92 Å². The minimum atomic E-state index is -0.934. The van der Waals surface area contributed by atoms with Crippen LogP contribution in [0.1, 0.15) is 104 Å². The van der Waals surface area contributed by atoms with Crippen molar-refractivity contribution < 1.29 is 14.7 Å². The molecule has 142 valence electrons. The zero-order valence-electron chi connectivity index (χ0n) is 16.1. The molecule has 0 saturated heterocycles. The lowest BCUT2D eigenvalue weighted by Gasteiger charge is -2.20. The van der Waals surface area contributed by atoms with E-state index in [1.165, 1.54) is 57.8 Å². The van der Waals surface area contributed by atoms with Gasteiger partial charge in [0.15, 0.2) is 0 Å². The topological polar surface area (TPSA) is 66.4 Å². The second-order valence-corrected chi connectivity index (χ2v) is 7.05. The molecule has 0 heterocycles. The van der Waals surface area contributed by atoms with E-state index in [2.05, 4.69) is 12.2 Å². The van der Waals surface area contributed by atoms with Crippen molar-refractivity contribution in [2.45, 2.75) is 110 Å². The summed E-state index contributed by atoms with van der Waals surface area (Å²) in [5.74, 6) is -1.10. The Balaban J connectivity index is 3.56. The minimum Gasteiger partial charge on any atom is -0.480 e. The molecule has 4 heteroatoms. The highest BCUT2D eigenvalue weighted by Crippen LogP contribution is 2.12. The predicted molar refractivity (Wildman–Crippen MR) is 100 cm³/mol. The number of hydrogen-bond acceptors (Lipinski definition) is 2. The van der Waals surface area contributed by atoms with Crippen LogP contribution in [0.4, 0.5) is 0 Å². The monoisotopic (exact) mass is 341 g/mol. The number of carbonyl (C=O) groups is 2. The van der Waals surface area contributed by atoms with Gasteiger partial charge < -0.3 is 10.4 Å². The molecule has 2 N–H and O–H groups in total. The maximum atomic E-state index is 11.9. The zero-order valence-corrected chi connectivity index (χ0v) is 16.1. The van der Waals surface area contributed by atoms with E-state index in [0.717, 1.165) is 19.3 Å². The summed E-state index contributed by atoms with van der Waals surface area (Å²) in [6, 6.07) is -0.754. The Morgan fingerprint density at radius 1 is 0.833 bits per heavy atom. The number of aliphatic carboxylic acids is 1. The van der Waals surface area contributed by atoms with Crippen molar-refractivity contribution in [3.63, 3.8) is 0 Å². The molecule has 2 atom stereocenters. The van der Waals surface area contributed by atoms with Gasteiger partial charge in [-0.05, 0) is 12.3 Å². The van der Waals surface area contributed by atoms with E-state index in [0.29, 0.717) is 6.42 Å². The Bertz CT molecular complexity index is 331. The van der Waals surface area contributed by atoms with Gasteiger partial charge in [0.25, 0.3) is 0 Å².